The molecule has 0 fully saturated rings. The number of aliphatic hydroxyl groups is 1. The maximum absolute atomic E-state index is 12.0. The van der Waals surface area contributed by atoms with Crippen LogP contribution in [0.4, 0.5) is 0 Å². The van der Waals surface area contributed by atoms with Gasteiger partial charge in [0.25, 0.3) is 5.91 Å². The second-order valence-electron chi connectivity index (χ2n) is 5.83. The lowest BCUT2D eigenvalue weighted by molar-refractivity contribution is -0.144. The van der Waals surface area contributed by atoms with Gasteiger partial charge in [0.1, 0.15) is 12.1 Å². The zero-order valence-electron chi connectivity index (χ0n) is 12.9. The first-order valence-electron chi connectivity index (χ1n) is 7.32. The second kappa shape index (κ2) is 8.51. The summed E-state index contributed by atoms with van der Waals surface area (Å²) in [4.78, 5) is 23.1. The van der Waals surface area contributed by atoms with E-state index >= 15 is 0 Å². The van der Waals surface area contributed by atoms with Crippen molar-refractivity contribution in [1.29, 1.82) is 0 Å². The molecule has 2 unspecified atom stereocenters. The zero-order chi connectivity index (χ0) is 16.7. The van der Waals surface area contributed by atoms with Gasteiger partial charge < -0.3 is 21.3 Å². The molecule has 0 aliphatic rings. The summed E-state index contributed by atoms with van der Waals surface area (Å²) < 4.78 is 0. The minimum absolute atomic E-state index is 0.108. The number of carbonyl (C=O) groups is 2. The molecule has 22 heavy (non-hydrogen) atoms. The van der Waals surface area contributed by atoms with Gasteiger partial charge in [-0.15, -0.1) is 0 Å². The highest BCUT2D eigenvalue weighted by molar-refractivity contribution is 5.86. The van der Waals surface area contributed by atoms with Crippen molar-refractivity contribution in [2.24, 2.45) is 11.7 Å². The number of carbonyl (C=O) groups excluding carboxylic acids is 1. The zero-order valence-corrected chi connectivity index (χ0v) is 12.9. The Hall–Kier alpha value is -1.92. The van der Waals surface area contributed by atoms with E-state index < -0.39 is 30.1 Å². The van der Waals surface area contributed by atoms with Crippen LogP contribution in [0.15, 0.2) is 30.3 Å². The summed E-state index contributed by atoms with van der Waals surface area (Å²) in [5.41, 5.74) is 6.75. The topological polar surface area (TPSA) is 113 Å². The number of carboxylic acids is 1. The lowest BCUT2D eigenvalue weighted by Crippen LogP contribution is -2.52. The van der Waals surface area contributed by atoms with E-state index in [9.17, 15) is 14.7 Å². The highest BCUT2D eigenvalue weighted by atomic mass is 16.4. The Bertz CT molecular complexity index is 490. The van der Waals surface area contributed by atoms with Gasteiger partial charge in [-0.25, -0.2) is 4.79 Å². The molecule has 0 heterocycles. The minimum Gasteiger partial charge on any atom is -0.480 e. The van der Waals surface area contributed by atoms with Crippen molar-refractivity contribution < 1.29 is 19.8 Å². The van der Waals surface area contributed by atoms with Gasteiger partial charge in [0.15, 0.2) is 0 Å². The van der Waals surface area contributed by atoms with E-state index in [1.54, 1.807) is 0 Å². The van der Waals surface area contributed by atoms with Crippen LogP contribution in [0.5, 0.6) is 0 Å². The lowest BCUT2D eigenvalue weighted by atomic mass is 10.00. The average Bonchev–Trinajstić information content (AvgIpc) is 2.46. The molecule has 3 atom stereocenters. The Morgan fingerprint density at radius 1 is 1.23 bits per heavy atom. The number of amides is 1. The van der Waals surface area contributed by atoms with Crippen molar-refractivity contribution in [3.8, 4) is 0 Å². The van der Waals surface area contributed by atoms with Gasteiger partial charge in [0.2, 0.25) is 0 Å². The Kier molecular flexibility index (Phi) is 7.01. The monoisotopic (exact) mass is 308 g/mol. The van der Waals surface area contributed by atoms with Crippen LogP contribution in [-0.4, -0.2) is 40.3 Å². The van der Waals surface area contributed by atoms with E-state index in [-0.39, 0.29) is 5.92 Å². The quantitative estimate of drug-likeness (QED) is 0.559. The molecule has 0 aliphatic carbocycles. The number of aliphatic hydroxyl groups excluding tert-OH is 1. The molecular weight excluding hydrogens is 284 g/mol. The Morgan fingerprint density at radius 2 is 1.82 bits per heavy atom. The molecule has 0 aliphatic heterocycles. The number of nitrogens with one attached hydrogen (secondary N) is 1. The summed E-state index contributed by atoms with van der Waals surface area (Å²) in [6, 6.07) is 7.44. The van der Waals surface area contributed by atoms with Gasteiger partial charge in [-0.1, -0.05) is 44.2 Å². The average molecular weight is 308 g/mol. The van der Waals surface area contributed by atoms with Crippen molar-refractivity contribution in [1.82, 2.24) is 5.32 Å². The summed E-state index contributed by atoms with van der Waals surface area (Å²) in [6.07, 6.45) is -0.826. The van der Waals surface area contributed by atoms with Gasteiger partial charge in [-0.05, 0) is 24.3 Å². The minimum atomic E-state index is -1.45. The first-order valence-corrected chi connectivity index (χ1v) is 7.32. The number of benzene rings is 1. The van der Waals surface area contributed by atoms with E-state index in [0.29, 0.717) is 12.8 Å². The van der Waals surface area contributed by atoms with Crippen molar-refractivity contribution in [2.75, 3.05) is 0 Å². The van der Waals surface area contributed by atoms with Gasteiger partial charge in [0.05, 0.1) is 0 Å². The van der Waals surface area contributed by atoms with Gasteiger partial charge in [-0.3, -0.25) is 4.79 Å². The summed E-state index contributed by atoms with van der Waals surface area (Å²) >= 11 is 0. The third-order valence-corrected chi connectivity index (χ3v) is 3.31. The van der Waals surface area contributed by atoms with Crippen LogP contribution in [0.25, 0.3) is 0 Å². The van der Waals surface area contributed by atoms with Gasteiger partial charge in [0, 0.05) is 6.04 Å². The van der Waals surface area contributed by atoms with Crippen LogP contribution in [0, 0.1) is 5.92 Å². The molecule has 1 aromatic rings. The number of aliphatic carboxylic acids is 1. The Morgan fingerprint density at radius 3 is 2.32 bits per heavy atom. The van der Waals surface area contributed by atoms with Crippen LogP contribution < -0.4 is 11.1 Å². The lowest BCUT2D eigenvalue weighted by Gasteiger charge is -2.22. The number of hydrogen-bond acceptors (Lipinski definition) is 4. The van der Waals surface area contributed by atoms with Crippen LogP contribution in [-0.2, 0) is 16.0 Å². The van der Waals surface area contributed by atoms with E-state index in [1.165, 1.54) is 0 Å². The highest BCUT2D eigenvalue weighted by Gasteiger charge is 2.28. The molecule has 1 aromatic carbocycles. The van der Waals surface area contributed by atoms with Gasteiger partial charge >= 0.3 is 5.97 Å². The van der Waals surface area contributed by atoms with E-state index in [1.807, 2.05) is 44.2 Å². The van der Waals surface area contributed by atoms with E-state index in [2.05, 4.69) is 5.32 Å². The van der Waals surface area contributed by atoms with Crippen LogP contribution >= 0.6 is 0 Å². The summed E-state index contributed by atoms with van der Waals surface area (Å²) in [5, 5.41) is 21.4. The third-order valence-electron chi connectivity index (χ3n) is 3.31. The van der Waals surface area contributed by atoms with Crippen molar-refractivity contribution in [2.45, 2.75) is 44.9 Å². The molecule has 122 valence electrons. The fourth-order valence-corrected chi connectivity index (χ4v) is 2.14. The molecule has 0 spiro atoms. The maximum Gasteiger partial charge on any atom is 0.326 e. The third kappa shape index (κ3) is 5.83. The molecule has 0 radical (unpaired) electrons. The van der Waals surface area contributed by atoms with Crippen molar-refractivity contribution in [3.63, 3.8) is 0 Å². The molecule has 1 amide bonds. The second-order valence-corrected chi connectivity index (χ2v) is 5.83. The number of hydrogen-bond donors (Lipinski definition) is 4. The predicted molar refractivity (Wildman–Crippen MR) is 83.1 cm³/mol. The fourth-order valence-electron chi connectivity index (χ4n) is 2.14. The molecule has 5 N–H and O–H groups in total. The first kappa shape index (κ1) is 18.1. The molecule has 1 rings (SSSR count). The summed E-state index contributed by atoms with van der Waals surface area (Å²) in [6.45, 7) is 3.72. The molecule has 6 heteroatoms. The SMILES string of the molecule is CC(C)CC(NC(=O)[C@@H](O)C(N)Cc1ccccc1)C(=O)O. The number of carboxylic acid groups (broad SMARTS) is 1. The van der Waals surface area contributed by atoms with E-state index in [0.717, 1.165) is 5.56 Å². The standard InChI is InChI=1S/C16H24N2O4/c1-10(2)8-13(16(21)22)18-15(20)14(19)12(17)9-11-6-4-3-5-7-11/h3-7,10,12-14,19H,8-9,17H2,1-2H3,(H,18,20)(H,21,22)/t12?,13?,14-/m0/s1. The molecule has 6 nitrogen and oxygen atoms in total. The molecule has 0 saturated carbocycles. The van der Waals surface area contributed by atoms with Gasteiger partial charge in [-0.2, -0.15) is 0 Å². The highest BCUT2D eigenvalue weighted by Crippen LogP contribution is 2.08. The molecule has 0 bridgehead atoms. The summed E-state index contributed by atoms with van der Waals surface area (Å²) in [5.74, 6) is -1.76. The van der Waals surface area contributed by atoms with Crippen molar-refractivity contribution >= 4 is 11.9 Å². The largest absolute Gasteiger partial charge is 0.480 e. The van der Waals surface area contributed by atoms with Crippen LogP contribution in [0.3, 0.4) is 0 Å². The van der Waals surface area contributed by atoms with Crippen molar-refractivity contribution in [3.05, 3.63) is 35.9 Å². The van der Waals surface area contributed by atoms with Crippen LogP contribution in [0.1, 0.15) is 25.8 Å². The number of rotatable bonds is 8. The first-order chi connectivity index (χ1) is 10.3. The molecule has 0 saturated heterocycles. The normalized spacial score (nSPS) is 15.1. The maximum atomic E-state index is 12.0. The molecular formula is C16H24N2O4. The predicted octanol–water partition coefficient (Wildman–Crippen LogP) is 0.533. The smallest absolute Gasteiger partial charge is 0.326 e. The van der Waals surface area contributed by atoms with E-state index in [4.69, 9.17) is 10.8 Å². The van der Waals surface area contributed by atoms with Crippen LogP contribution in [0.2, 0.25) is 0 Å². The fraction of sp³-hybridized carbons (Fsp3) is 0.500. The Balaban J connectivity index is 2.61. The number of nitrogens with two attached hydrogens (primary N) is 1. The summed E-state index contributed by atoms with van der Waals surface area (Å²) in [7, 11) is 0. The Labute approximate surface area is 130 Å². The molecule has 0 aromatic heterocycles.